The summed E-state index contributed by atoms with van der Waals surface area (Å²) < 4.78 is 5.63. The van der Waals surface area contributed by atoms with E-state index in [-0.39, 0.29) is 23.9 Å². The lowest BCUT2D eigenvalue weighted by molar-refractivity contribution is -0.0234. The number of nitrogens with one attached hydrogen (secondary N) is 1. The summed E-state index contributed by atoms with van der Waals surface area (Å²) in [6, 6.07) is 1.85. The molecule has 1 aromatic rings. The van der Waals surface area contributed by atoms with Crippen molar-refractivity contribution in [3.8, 4) is 0 Å². The van der Waals surface area contributed by atoms with E-state index in [1.807, 2.05) is 6.07 Å². The van der Waals surface area contributed by atoms with Crippen molar-refractivity contribution >= 4 is 5.78 Å². The molecule has 3 atom stereocenters. The molecule has 1 unspecified atom stereocenters. The highest BCUT2D eigenvalue weighted by atomic mass is 16.5. The van der Waals surface area contributed by atoms with Gasteiger partial charge in [-0.05, 0) is 17.9 Å². The van der Waals surface area contributed by atoms with Gasteiger partial charge in [-0.25, -0.2) is 0 Å². The molecule has 1 aromatic heterocycles. The van der Waals surface area contributed by atoms with Gasteiger partial charge in [0.2, 0.25) is 0 Å². The lowest BCUT2D eigenvalue weighted by Gasteiger charge is -2.27. The molecule has 0 spiro atoms. The van der Waals surface area contributed by atoms with Gasteiger partial charge in [-0.3, -0.25) is 4.79 Å². The van der Waals surface area contributed by atoms with Crippen LogP contribution in [-0.4, -0.2) is 39.8 Å². The number of ether oxygens (including phenoxy) is 1. The summed E-state index contributed by atoms with van der Waals surface area (Å²) in [5.41, 5.74) is 2.53. The summed E-state index contributed by atoms with van der Waals surface area (Å²) in [6.07, 6.45) is 0.383. The van der Waals surface area contributed by atoms with Gasteiger partial charge in [0.15, 0.2) is 5.78 Å². The summed E-state index contributed by atoms with van der Waals surface area (Å²) in [6.45, 7) is 3.99. The number of aromatic nitrogens is 1. The Morgan fingerprint density at radius 3 is 2.85 bits per heavy atom. The van der Waals surface area contributed by atoms with Crippen molar-refractivity contribution in [2.45, 2.75) is 51.4 Å². The van der Waals surface area contributed by atoms with Crippen LogP contribution in [-0.2, 0) is 11.2 Å². The van der Waals surface area contributed by atoms with Crippen LogP contribution in [0.2, 0.25) is 0 Å². The Hall–Kier alpha value is -1.17. The zero-order valence-electron chi connectivity index (χ0n) is 11.8. The summed E-state index contributed by atoms with van der Waals surface area (Å²) in [7, 11) is 0. The number of H-pyrrole nitrogens is 1. The average Bonchev–Trinajstić information content (AvgIpc) is 2.91. The number of carbonyl (C=O) groups is 1. The SMILES string of the molecule is CC1(C)CC(=O)c2cc(C3C[C@H](O)[C@@H](CO)O3)[nH]c2C1. The molecule has 2 heterocycles. The molecule has 0 saturated carbocycles. The number of Topliss-reactive ketones (excluding diaryl/α,β-unsaturated/α-hetero) is 1. The Bertz CT molecular complexity index is 534. The summed E-state index contributed by atoms with van der Waals surface area (Å²) in [5.74, 6) is 0.163. The molecule has 3 rings (SSSR count). The molecule has 1 fully saturated rings. The fourth-order valence-corrected chi connectivity index (χ4v) is 3.25. The topological polar surface area (TPSA) is 82.6 Å². The summed E-state index contributed by atoms with van der Waals surface area (Å²) in [4.78, 5) is 15.5. The number of aliphatic hydroxyl groups is 2. The van der Waals surface area contributed by atoms with E-state index in [0.29, 0.717) is 12.8 Å². The third-order valence-electron chi connectivity index (χ3n) is 4.27. The number of aromatic amines is 1. The van der Waals surface area contributed by atoms with E-state index in [9.17, 15) is 9.90 Å². The van der Waals surface area contributed by atoms with Crippen LogP contribution in [0.4, 0.5) is 0 Å². The maximum Gasteiger partial charge on any atom is 0.165 e. The molecule has 20 heavy (non-hydrogen) atoms. The zero-order chi connectivity index (χ0) is 14.5. The molecule has 5 nitrogen and oxygen atoms in total. The minimum Gasteiger partial charge on any atom is -0.394 e. The molecule has 110 valence electrons. The van der Waals surface area contributed by atoms with E-state index < -0.39 is 12.2 Å². The molecule has 1 saturated heterocycles. The van der Waals surface area contributed by atoms with Gasteiger partial charge < -0.3 is 19.9 Å². The van der Waals surface area contributed by atoms with Crippen LogP contribution < -0.4 is 0 Å². The standard InChI is InChI=1S/C15H21NO4/c1-15(2)5-10-8(12(19)6-15)3-9(16-10)13-4-11(18)14(7-17)20-13/h3,11,13-14,16-18H,4-7H2,1-2H3/t11-,13?,14+/m0/s1. The number of hydrogen-bond acceptors (Lipinski definition) is 4. The van der Waals surface area contributed by atoms with Crippen LogP contribution in [0.3, 0.4) is 0 Å². The fourth-order valence-electron chi connectivity index (χ4n) is 3.25. The Balaban J connectivity index is 1.86. The Morgan fingerprint density at radius 2 is 2.20 bits per heavy atom. The van der Waals surface area contributed by atoms with Crippen LogP contribution in [0.15, 0.2) is 6.07 Å². The van der Waals surface area contributed by atoms with Crippen molar-refractivity contribution in [3.05, 3.63) is 23.0 Å². The van der Waals surface area contributed by atoms with Gasteiger partial charge in [-0.15, -0.1) is 0 Å². The van der Waals surface area contributed by atoms with E-state index in [4.69, 9.17) is 9.84 Å². The Kier molecular flexibility index (Phi) is 3.23. The minimum absolute atomic E-state index is 0.0180. The predicted octanol–water partition coefficient (Wildman–Crippen LogP) is 1.35. The van der Waals surface area contributed by atoms with Crippen molar-refractivity contribution in [2.75, 3.05) is 6.61 Å². The van der Waals surface area contributed by atoms with E-state index in [1.165, 1.54) is 0 Å². The first-order chi connectivity index (χ1) is 9.39. The second kappa shape index (κ2) is 4.69. The van der Waals surface area contributed by atoms with Gasteiger partial charge in [0.05, 0.1) is 12.7 Å². The minimum atomic E-state index is -0.655. The molecule has 2 aliphatic rings. The lowest BCUT2D eigenvalue weighted by Crippen LogP contribution is -2.26. The third kappa shape index (κ3) is 2.30. The van der Waals surface area contributed by atoms with Crippen molar-refractivity contribution in [1.29, 1.82) is 0 Å². The quantitative estimate of drug-likeness (QED) is 0.763. The highest BCUT2D eigenvalue weighted by molar-refractivity contribution is 5.99. The number of hydrogen-bond donors (Lipinski definition) is 3. The number of carbonyl (C=O) groups excluding carboxylic acids is 1. The molecule has 3 N–H and O–H groups in total. The third-order valence-corrected chi connectivity index (χ3v) is 4.27. The van der Waals surface area contributed by atoms with Crippen LogP contribution in [0, 0.1) is 5.41 Å². The number of aliphatic hydroxyl groups excluding tert-OH is 2. The monoisotopic (exact) mass is 279 g/mol. The van der Waals surface area contributed by atoms with E-state index in [1.54, 1.807) is 0 Å². The van der Waals surface area contributed by atoms with Crippen molar-refractivity contribution in [1.82, 2.24) is 4.98 Å². The van der Waals surface area contributed by atoms with Crippen LogP contribution >= 0.6 is 0 Å². The molecule has 0 radical (unpaired) electrons. The Morgan fingerprint density at radius 1 is 1.45 bits per heavy atom. The lowest BCUT2D eigenvalue weighted by atomic mass is 9.76. The molecule has 5 heteroatoms. The molecular formula is C15H21NO4. The molecular weight excluding hydrogens is 258 g/mol. The number of rotatable bonds is 2. The second-order valence-electron chi connectivity index (χ2n) is 6.71. The van der Waals surface area contributed by atoms with Crippen LogP contribution in [0.1, 0.15) is 54.5 Å². The van der Waals surface area contributed by atoms with Crippen molar-refractivity contribution in [3.63, 3.8) is 0 Å². The average molecular weight is 279 g/mol. The van der Waals surface area contributed by atoms with Crippen molar-refractivity contribution < 1.29 is 19.7 Å². The van der Waals surface area contributed by atoms with E-state index >= 15 is 0 Å². The highest BCUT2D eigenvalue weighted by Gasteiger charge is 2.37. The van der Waals surface area contributed by atoms with Gasteiger partial charge in [0.25, 0.3) is 0 Å². The Labute approximate surface area is 118 Å². The fraction of sp³-hybridized carbons (Fsp3) is 0.667. The molecule has 1 aliphatic heterocycles. The first-order valence-corrected chi connectivity index (χ1v) is 7.09. The molecule has 0 aromatic carbocycles. The zero-order valence-corrected chi connectivity index (χ0v) is 11.8. The van der Waals surface area contributed by atoms with Crippen LogP contribution in [0.5, 0.6) is 0 Å². The molecule has 1 aliphatic carbocycles. The van der Waals surface area contributed by atoms with E-state index in [0.717, 1.165) is 23.4 Å². The largest absolute Gasteiger partial charge is 0.394 e. The number of fused-ring (bicyclic) bond motifs is 1. The van der Waals surface area contributed by atoms with Gasteiger partial charge in [0.1, 0.15) is 12.2 Å². The summed E-state index contributed by atoms with van der Waals surface area (Å²) >= 11 is 0. The first-order valence-electron chi connectivity index (χ1n) is 7.09. The molecule has 0 amide bonds. The number of ketones is 1. The van der Waals surface area contributed by atoms with Gasteiger partial charge in [0, 0.05) is 29.8 Å². The van der Waals surface area contributed by atoms with Gasteiger partial charge in [-0.2, -0.15) is 0 Å². The van der Waals surface area contributed by atoms with Gasteiger partial charge >= 0.3 is 0 Å². The van der Waals surface area contributed by atoms with Crippen molar-refractivity contribution in [2.24, 2.45) is 5.41 Å². The van der Waals surface area contributed by atoms with Crippen LogP contribution in [0.25, 0.3) is 0 Å². The second-order valence-corrected chi connectivity index (χ2v) is 6.71. The highest BCUT2D eigenvalue weighted by Crippen LogP contribution is 2.38. The first kappa shape index (κ1) is 13.8. The predicted molar refractivity (Wildman–Crippen MR) is 72.5 cm³/mol. The summed E-state index contributed by atoms with van der Waals surface area (Å²) in [5, 5.41) is 18.9. The molecule has 0 bridgehead atoms. The van der Waals surface area contributed by atoms with Gasteiger partial charge in [-0.1, -0.05) is 13.8 Å². The van der Waals surface area contributed by atoms with E-state index in [2.05, 4.69) is 18.8 Å². The maximum absolute atomic E-state index is 12.2. The smallest absolute Gasteiger partial charge is 0.165 e. The normalized spacial score (nSPS) is 32.4. The maximum atomic E-state index is 12.2.